The van der Waals surface area contributed by atoms with Crippen molar-refractivity contribution in [3.8, 4) is 0 Å². The molecule has 1 fully saturated rings. The third kappa shape index (κ3) is 5.81. The Bertz CT molecular complexity index is 1280. The monoisotopic (exact) mass is 542 g/mol. The van der Waals surface area contributed by atoms with Crippen LogP contribution in [0.4, 0.5) is 0 Å². The molecule has 2 aromatic carbocycles. The van der Waals surface area contributed by atoms with E-state index < -0.39 is 60.1 Å². The van der Waals surface area contributed by atoms with Crippen LogP contribution in [0.2, 0.25) is 10.0 Å². The summed E-state index contributed by atoms with van der Waals surface area (Å²) in [4.78, 5) is -0.239. The van der Waals surface area contributed by atoms with Crippen LogP contribution in [0.15, 0.2) is 58.3 Å². The maximum Gasteiger partial charge on any atom is 0.243 e. The van der Waals surface area contributed by atoms with Gasteiger partial charge in [-0.1, -0.05) is 23.2 Å². The molecule has 0 bridgehead atoms. The van der Waals surface area contributed by atoms with Crippen LogP contribution >= 0.6 is 23.2 Å². The van der Waals surface area contributed by atoms with E-state index in [0.29, 0.717) is 10.0 Å². The van der Waals surface area contributed by atoms with Gasteiger partial charge in [0.25, 0.3) is 0 Å². The predicted octanol–water partition coefficient (Wildman–Crippen LogP) is 1.12. The Morgan fingerprint density at radius 1 is 0.906 bits per heavy atom. The zero-order valence-corrected chi connectivity index (χ0v) is 20.4. The lowest BCUT2D eigenvalue weighted by Gasteiger charge is -2.29. The summed E-state index contributed by atoms with van der Waals surface area (Å²) in [6.07, 6.45) is -1.45. The Kier molecular flexibility index (Phi) is 7.57. The smallest absolute Gasteiger partial charge is 0.243 e. The molecule has 2 aromatic rings. The highest BCUT2D eigenvalue weighted by atomic mass is 35.5. The van der Waals surface area contributed by atoms with Gasteiger partial charge >= 0.3 is 0 Å². The van der Waals surface area contributed by atoms with E-state index in [2.05, 4.69) is 4.72 Å². The third-order valence-corrected chi connectivity index (χ3v) is 10.5. The lowest BCUT2D eigenvalue weighted by molar-refractivity contribution is 0.128. The van der Waals surface area contributed by atoms with Crippen LogP contribution in [0.3, 0.4) is 0 Å². The lowest BCUT2D eigenvalue weighted by Crippen LogP contribution is -2.49. The first-order chi connectivity index (χ1) is 14.8. The van der Waals surface area contributed by atoms with Gasteiger partial charge in [-0.15, -0.1) is 0 Å². The molecule has 0 unspecified atom stereocenters. The van der Waals surface area contributed by atoms with E-state index in [1.807, 2.05) is 0 Å². The number of aliphatic hydroxyl groups is 1. The minimum absolute atomic E-state index is 0.0718. The van der Waals surface area contributed by atoms with Crippen molar-refractivity contribution in [1.82, 2.24) is 9.03 Å². The van der Waals surface area contributed by atoms with Gasteiger partial charge in [0.2, 0.25) is 20.0 Å². The Labute approximate surface area is 197 Å². The van der Waals surface area contributed by atoms with E-state index in [9.17, 15) is 30.4 Å². The number of aliphatic hydroxyl groups excluding tert-OH is 1. The zero-order chi connectivity index (χ0) is 23.7. The Morgan fingerprint density at radius 3 is 1.88 bits per heavy atom. The van der Waals surface area contributed by atoms with Gasteiger partial charge in [-0.05, 0) is 48.5 Å². The first-order valence-corrected chi connectivity index (χ1v) is 14.7. The molecule has 0 radical (unpaired) electrons. The van der Waals surface area contributed by atoms with Crippen LogP contribution in [-0.4, -0.2) is 71.4 Å². The van der Waals surface area contributed by atoms with Crippen molar-refractivity contribution in [3.63, 3.8) is 0 Å². The van der Waals surface area contributed by atoms with Gasteiger partial charge in [-0.2, -0.15) is 4.31 Å². The fourth-order valence-electron chi connectivity index (χ4n) is 3.28. The number of hydrogen-bond acceptors (Lipinski definition) is 7. The molecule has 2 atom stereocenters. The van der Waals surface area contributed by atoms with Crippen LogP contribution in [0.1, 0.15) is 0 Å². The van der Waals surface area contributed by atoms with Gasteiger partial charge < -0.3 is 5.11 Å². The normalized spacial score (nSPS) is 21.1. The summed E-state index contributed by atoms with van der Waals surface area (Å²) in [5.41, 5.74) is 0. The average molecular weight is 543 g/mol. The molecule has 0 amide bonds. The van der Waals surface area contributed by atoms with Crippen molar-refractivity contribution >= 4 is 53.1 Å². The van der Waals surface area contributed by atoms with Crippen molar-refractivity contribution in [2.75, 3.05) is 24.6 Å². The number of hydrogen-bond donors (Lipinski definition) is 2. The van der Waals surface area contributed by atoms with Crippen molar-refractivity contribution in [1.29, 1.82) is 0 Å². The molecular formula is C18H20Cl2N2O7S3. The number of nitrogens with zero attached hydrogens (tertiary/aromatic N) is 1. The molecule has 1 aliphatic rings. The summed E-state index contributed by atoms with van der Waals surface area (Å²) in [6, 6.07) is 9.33. The second-order valence-electron chi connectivity index (χ2n) is 7.13. The molecular weight excluding hydrogens is 523 g/mol. The van der Waals surface area contributed by atoms with Crippen molar-refractivity contribution in [3.05, 3.63) is 58.6 Å². The van der Waals surface area contributed by atoms with E-state index in [4.69, 9.17) is 23.2 Å². The van der Waals surface area contributed by atoms with Crippen molar-refractivity contribution in [2.45, 2.75) is 21.9 Å². The van der Waals surface area contributed by atoms with Gasteiger partial charge in [0, 0.05) is 23.1 Å². The zero-order valence-electron chi connectivity index (χ0n) is 16.4. The SMILES string of the molecule is O=S1(=O)C[C@H](O)[C@@H](N(CCNS(=O)(=O)c2ccc(Cl)cc2)S(=O)(=O)c2ccc(Cl)cc2)C1. The summed E-state index contributed by atoms with van der Waals surface area (Å²) in [5, 5.41) is 10.9. The highest BCUT2D eigenvalue weighted by Crippen LogP contribution is 2.26. The molecule has 0 saturated carbocycles. The fourth-order valence-corrected chi connectivity index (χ4v) is 8.10. The Hall–Kier alpha value is -1.25. The van der Waals surface area contributed by atoms with Crippen LogP contribution < -0.4 is 4.72 Å². The standard InChI is InChI=1S/C18H20Cl2N2O7S3/c19-13-1-5-15(6-2-13)31(26,27)21-9-10-22(17-11-30(24,25)12-18(17)23)32(28,29)16-7-3-14(20)4-8-16/h1-8,17-18,21,23H,9-12H2/t17-,18-/m0/s1. The summed E-state index contributed by atoms with van der Waals surface area (Å²) in [5.74, 6) is -1.16. The molecule has 3 rings (SSSR count). The van der Waals surface area contributed by atoms with Gasteiger partial charge in [0.1, 0.15) is 0 Å². The molecule has 1 heterocycles. The second kappa shape index (κ2) is 9.55. The summed E-state index contributed by atoms with van der Waals surface area (Å²) in [6.45, 7) is -0.768. The minimum Gasteiger partial charge on any atom is -0.390 e. The van der Waals surface area contributed by atoms with Gasteiger partial charge in [0.05, 0.1) is 33.4 Å². The van der Waals surface area contributed by atoms with Crippen molar-refractivity contribution in [2.24, 2.45) is 0 Å². The van der Waals surface area contributed by atoms with Crippen LogP contribution in [-0.2, 0) is 29.9 Å². The summed E-state index contributed by atoms with van der Waals surface area (Å²) >= 11 is 11.6. The highest BCUT2D eigenvalue weighted by molar-refractivity contribution is 7.92. The average Bonchev–Trinajstić information content (AvgIpc) is 2.97. The summed E-state index contributed by atoms with van der Waals surface area (Å²) < 4.78 is 78.5. The number of sulfonamides is 2. The van der Waals surface area contributed by atoms with Crippen LogP contribution in [0, 0.1) is 0 Å². The van der Waals surface area contributed by atoms with Crippen LogP contribution in [0.5, 0.6) is 0 Å². The second-order valence-corrected chi connectivity index (χ2v) is 13.8. The Balaban J connectivity index is 1.86. The summed E-state index contributed by atoms with van der Waals surface area (Å²) in [7, 11) is -11.9. The highest BCUT2D eigenvalue weighted by Gasteiger charge is 2.44. The molecule has 14 heteroatoms. The molecule has 1 saturated heterocycles. The number of halogens is 2. The quantitative estimate of drug-likeness (QED) is 0.509. The predicted molar refractivity (Wildman–Crippen MR) is 120 cm³/mol. The first kappa shape index (κ1) is 25.4. The van der Waals surface area contributed by atoms with E-state index >= 15 is 0 Å². The fraction of sp³-hybridized carbons (Fsp3) is 0.333. The lowest BCUT2D eigenvalue weighted by atomic mass is 10.2. The molecule has 9 nitrogen and oxygen atoms in total. The largest absolute Gasteiger partial charge is 0.390 e. The van der Waals surface area contributed by atoms with Crippen LogP contribution in [0.25, 0.3) is 0 Å². The molecule has 2 N–H and O–H groups in total. The maximum absolute atomic E-state index is 13.2. The molecule has 32 heavy (non-hydrogen) atoms. The number of benzene rings is 2. The van der Waals surface area contributed by atoms with Gasteiger partial charge in [-0.3, -0.25) is 0 Å². The molecule has 176 valence electrons. The molecule has 1 aliphatic heterocycles. The number of rotatable bonds is 8. The number of nitrogens with one attached hydrogen (secondary N) is 1. The van der Waals surface area contributed by atoms with E-state index in [1.165, 1.54) is 48.5 Å². The van der Waals surface area contributed by atoms with E-state index in [0.717, 1.165) is 4.31 Å². The third-order valence-electron chi connectivity index (χ3n) is 4.83. The van der Waals surface area contributed by atoms with Gasteiger partial charge in [-0.25, -0.2) is 30.0 Å². The van der Waals surface area contributed by atoms with E-state index in [1.54, 1.807) is 0 Å². The molecule has 0 aliphatic carbocycles. The molecule has 0 spiro atoms. The first-order valence-electron chi connectivity index (χ1n) is 9.23. The Morgan fingerprint density at radius 2 is 1.41 bits per heavy atom. The van der Waals surface area contributed by atoms with E-state index in [-0.39, 0.29) is 16.3 Å². The maximum atomic E-state index is 13.2. The minimum atomic E-state index is -4.27. The van der Waals surface area contributed by atoms with Crippen molar-refractivity contribution < 1.29 is 30.4 Å². The topological polar surface area (TPSA) is 138 Å². The number of sulfone groups is 1. The molecule has 0 aromatic heterocycles. The van der Waals surface area contributed by atoms with Gasteiger partial charge in [0.15, 0.2) is 9.84 Å².